The number of nitrogens with zero attached hydrogens (tertiary/aromatic N) is 1. The Hall–Kier alpha value is -2.08. The number of hydrogen-bond acceptors (Lipinski definition) is 3. The van der Waals surface area contributed by atoms with Gasteiger partial charge in [-0.25, -0.2) is 4.79 Å². The summed E-state index contributed by atoms with van der Waals surface area (Å²) in [6, 6.07) is 4.00. The van der Waals surface area contributed by atoms with Crippen molar-refractivity contribution in [2.24, 2.45) is 0 Å². The van der Waals surface area contributed by atoms with Gasteiger partial charge >= 0.3 is 6.09 Å². The number of piperazine rings is 1. The molecule has 0 saturated carbocycles. The molecule has 2 amide bonds. The minimum Gasteiger partial charge on any atom is -0.450 e. The number of benzene rings is 1. The van der Waals surface area contributed by atoms with E-state index in [-0.39, 0.29) is 18.0 Å². The minimum atomic E-state index is -0.260. The van der Waals surface area contributed by atoms with E-state index < -0.39 is 0 Å². The Labute approximate surface area is 150 Å². The average molecular weight is 348 g/mol. The van der Waals surface area contributed by atoms with Crippen molar-refractivity contribution in [3.05, 3.63) is 28.8 Å². The number of carbonyl (C=O) groups excluding carboxylic acids is 2. The van der Waals surface area contributed by atoms with Crippen LogP contribution in [0.4, 0.5) is 10.5 Å². The zero-order valence-electron chi connectivity index (χ0n) is 15.9. The fraction of sp³-hybridized carbons (Fsp3) is 0.579. The second-order valence-corrected chi connectivity index (χ2v) is 6.83. The molecule has 1 heterocycles. The maximum atomic E-state index is 12.7. The second-order valence-electron chi connectivity index (χ2n) is 6.83. The lowest BCUT2D eigenvalue weighted by atomic mass is 10.0. The predicted molar refractivity (Wildman–Crippen MR) is 98.0 cm³/mol. The number of anilines is 1. The topological polar surface area (TPSA) is 63.1 Å². The molecule has 0 unspecified atom stereocenters. The molecule has 1 fully saturated rings. The van der Waals surface area contributed by atoms with Crippen LogP contribution in [0.15, 0.2) is 12.1 Å². The van der Waals surface area contributed by atoms with Crippen LogP contribution >= 0.6 is 0 Å². The first-order chi connectivity index (χ1) is 11.8. The van der Waals surface area contributed by atoms with Crippen molar-refractivity contribution in [3.63, 3.8) is 0 Å². The van der Waals surface area contributed by atoms with Crippen LogP contribution in [0.25, 0.3) is 0 Å². The number of carbonyl (C=O) groups is 2. The molecule has 6 nitrogen and oxygen atoms in total. The zero-order chi connectivity index (χ0) is 18.6. The number of aryl methyl sites for hydroxylation is 3. The molecule has 2 N–H and O–H groups in total. The van der Waals surface area contributed by atoms with E-state index in [1.54, 1.807) is 11.8 Å². The van der Waals surface area contributed by atoms with Gasteiger partial charge in [0.2, 0.25) is 0 Å². The summed E-state index contributed by atoms with van der Waals surface area (Å²) in [6.07, 6.45) is -0.260. The monoisotopic (exact) mass is 348 g/mol. The van der Waals surface area contributed by atoms with Gasteiger partial charge in [0.1, 0.15) is 0 Å². The Morgan fingerprint density at radius 2 is 1.76 bits per heavy atom. The fourth-order valence-electron chi connectivity index (χ4n) is 3.42. The van der Waals surface area contributed by atoms with E-state index in [4.69, 9.17) is 4.74 Å². The van der Waals surface area contributed by atoms with E-state index in [0.717, 1.165) is 29.9 Å². The van der Waals surface area contributed by atoms with Crippen molar-refractivity contribution in [2.45, 2.75) is 40.7 Å². The van der Waals surface area contributed by atoms with E-state index in [2.05, 4.69) is 24.4 Å². The maximum Gasteiger partial charge on any atom is 0.410 e. The highest BCUT2D eigenvalue weighted by Gasteiger charge is 2.31. The predicted octanol–water partition coefficient (Wildman–Crippen LogP) is 1.30. The minimum absolute atomic E-state index is 0.0228. The first-order valence-corrected chi connectivity index (χ1v) is 8.98. The molecule has 0 aliphatic carbocycles. The van der Waals surface area contributed by atoms with Crippen molar-refractivity contribution < 1.29 is 19.2 Å². The summed E-state index contributed by atoms with van der Waals surface area (Å²) >= 11 is 0. The zero-order valence-corrected chi connectivity index (χ0v) is 15.9. The lowest BCUT2D eigenvalue weighted by Crippen LogP contribution is -3.19. The summed E-state index contributed by atoms with van der Waals surface area (Å²) in [5, 5.41) is 3.09. The van der Waals surface area contributed by atoms with Gasteiger partial charge in [-0.05, 0) is 45.7 Å². The van der Waals surface area contributed by atoms with E-state index in [0.29, 0.717) is 19.7 Å². The number of hydrogen-bond donors (Lipinski definition) is 2. The van der Waals surface area contributed by atoms with Gasteiger partial charge in [0.05, 0.1) is 32.8 Å². The number of amides is 2. The van der Waals surface area contributed by atoms with Gasteiger partial charge in [0.15, 0.2) is 6.04 Å². The molecule has 25 heavy (non-hydrogen) atoms. The second kappa shape index (κ2) is 8.34. The standard InChI is InChI=1S/C19H29N3O3/c1-6-25-19(24)22-9-7-21(8-10-22)16(5)18(23)20-17-14(3)11-13(2)12-15(17)4/h11-12,16H,6-10H2,1-5H3,(H,20,23)/p+1/t16-/m1/s1. The van der Waals surface area contributed by atoms with Crippen LogP contribution in [0.1, 0.15) is 30.5 Å². The third kappa shape index (κ3) is 4.72. The molecule has 0 spiro atoms. The molecule has 1 aromatic rings. The van der Waals surface area contributed by atoms with Gasteiger partial charge in [0.25, 0.3) is 5.91 Å². The SMILES string of the molecule is CCOC(=O)N1CC[NH+]([C@H](C)C(=O)Nc2c(C)cc(C)cc2C)CC1. The van der Waals surface area contributed by atoms with Crippen LogP contribution in [-0.2, 0) is 9.53 Å². The lowest BCUT2D eigenvalue weighted by molar-refractivity contribution is -0.917. The molecule has 1 aliphatic heterocycles. The van der Waals surface area contributed by atoms with Gasteiger partial charge in [0, 0.05) is 5.69 Å². The quantitative estimate of drug-likeness (QED) is 0.862. The van der Waals surface area contributed by atoms with Crippen LogP contribution in [0, 0.1) is 20.8 Å². The van der Waals surface area contributed by atoms with Gasteiger partial charge in [-0.2, -0.15) is 0 Å². The Balaban J connectivity index is 1.94. The summed E-state index contributed by atoms with van der Waals surface area (Å²) in [7, 11) is 0. The molecule has 138 valence electrons. The van der Waals surface area contributed by atoms with E-state index in [9.17, 15) is 9.59 Å². The van der Waals surface area contributed by atoms with Gasteiger partial charge in [-0.3, -0.25) is 9.69 Å². The molecule has 0 aromatic heterocycles. The number of nitrogens with one attached hydrogen (secondary N) is 2. The van der Waals surface area contributed by atoms with Crippen LogP contribution < -0.4 is 10.2 Å². The maximum absolute atomic E-state index is 12.7. The fourth-order valence-corrected chi connectivity index (χ4v) is 3.42. The lowest BCUT2D eigenvalue weighted by Gasteiger charge is -2.34. The number of quaternary nitrogens is 1. The van der Waals surface area contributed by atoms with Crippen molar-refractivity contribution in [3.8, 4) is 0 Å². The summed E-state index contributed by atoms with van der Waals surface area (Å²) in [5.41, 5.74) is 4.27. The van der Waals surface area contributed by atoms with Crippen molar-refractivity contribution >= 4 is 17.7 Å². The molecule has 1 saturated heterocycles. The Kier molecular flexibility index (Phi) is 6.42. The molecule has 1 aliphatic rings. The van der Waals surface area contributed by atoms with Crippen LogP contribution in [0.3, 0.4) is 0 Å². The van der Waals surface area contributed by atoms with Crippen LogP contribution in [-0.4, -0.2) is 55.7 Å². The molecular weight excluding hydrogens is 318 g/mol. The van der Waals surface area contributed by atoms with Crippen LogP contribution in [0.2, 0.25) is 0 Å². The van der Waals surface area contributed by atoms with Crippen LogP contribution in [0.5, 0.6) is 0 Å². The third-order valence-corrected chi connectivity index (χ3v) is 4.86. The molecule has 6 heteroatoms. The molecule has 2 rings (SSSR count). The van der Waals surface area contributed by atoms with Gasteiger partial charge < -0.3 is 15.0 Å². The molecule has 0 radical (unpaired) electrons. The van der Waals surface area contributed by atoms with Crippen molar-refractivity contribution in [1.29, 1.82) is 0 Å². The highest BCUT2D eigenvalue weighted by molar-refractivity contribution is 5.95. The Morgan fingerprint density at radius 3 is 2.28 bits per heavy atom. The van der Waals surface area contributed by atoms with Gasteiger partial charge in [-0.1, -0.05) is 17.7 Å². The number of rotatable bonds is 4. The summed E-state index contributed by atoms with van der Waals surface area (Å²) in [6.45, 7) is 13.0. The summed E-state index contributed by atoms with van der Waals surface area (Å²) in [5.74, 6) is 0.0228. The third-order valence-electron chi connectivity index (χ3n) is 4.86. The van der Waals surface area contributed by atoms with E-state index >= 15 is 0 Å². The highest BCUT2D eigenvalue weighted by Crippen LogP contribution is 2.21. The molecule has 1 aromatic carbocycles. The Morgan fingerprint density at radius 1 is 1.20 bits per heavy atom. The van der Waals surface area contributed by atoms with Crippen molar-refractivity contribution in [1.82, 2.24) is 4.90 Å². The van der Waals surface area contributed by atoms with Gasteiger partial charge in [-0.15, -0.1) is 0 Å². The smallest absolute Gasteiger partial charge is 0.410 e. The first kappa shape index (κ1) is 19.2. The van der Waals surface area contributed by atoms with E-state index in [1.807, 2.05) is 20.8 Å². The van der Waals surface area contributed by atoms with E-state index in [1.165, 1.54) is 10.5 Å². The average Bonchev–Trinajstić information content (AvgIpc) is 2.57. The number of ether oxygens (including phenoxy) is 1. The highest BCUT2D eigenvalue weighted by atomic mass is 16.6. The molecule has 1 atom stereocenters. The largest absolute Gasteiger partial charge is 0.450 e. The Bertz CT molecular complexity index is 614. The van der Waals surface area contributed by atoms with Crippen molar-refractivity contribution in [2.75, 3.05) is 38.1 Å². The normalized spacial score (nSPS) is 16.4. The molecular formula is C19H30N3O3+. The first-order valence-electron chi connectivity index (χ1n) is 8.98. The summed E-state index contributed by atoms with van der Waals surface area (Å²) in [4.78, 5) is 27.4. The molecule has 0 bridgehead atoms. The summed E-state index contributed by atoms with van der Waals surface area (Å²) < 4.78 is 5.04.